The molecule has 0 saturated heterocycles. The summed E-state index contributed by atoms with van der Waals surface area (Å²) >= 11 is 2.73. The number of carbonyl (C=O) groups is 2. The predicted molar refractivity (Wildman–Crippen MR) is 83.6 cm³/mol. The standard InChI is InChI=1S/C15H16O4S2/c1-2-10-5-8-13(20-10)15(18)19-9-3-4-11-6-7-12(21-11)14(16)17/h5-8H,2-4,9H2,1H3,(H,16,17). The fourth-order valence-electron chi connectivity index (χ4n) is 1.79. The lowest BCUT2D eigenvalue weighted by Gasteiger charge is -2.02. The molecule has 0 amide bonds. The van der Waals surface area contributed by atoms with Gasteiger partial charge in [-0.3, -0.25) is 0 Å². The molecule has 2 rings (SSSR count). The lowest BCUT2D eigenvalue weighted by molar-refractivity contribution is 0.0506. The van der Waals surface area contributed by atoms with Crippen LogP contribution in [-0.4, -0.2) is 23.7 Å². The Morgan fingerprint density at radius 1 is 1.10 bits per heavy atom. The average Bonchev–Trinajstić information content (AvgIpc) is 3.12. The van der Waals surface area contributed by atoms with E-state index in [0.29, 0.717) is 22.8 Å². The number of carboxylic acids is 1. The van der Waals surface area contributed by atoms with Crippen molar-refractivity contribution in [1.29, 1.82) is 0 Å². The Labute approximate surface area is 131 Å². The zero-order chi connectivity index (χ0) is 15.2. The number of carbonyl (C=O) groups excluding carboxylic acids is 1. The van der Waals surface area contributed by atoms with E-state index in [-0.39, 0.29) is 5.97 Å². The molecule has 0 unspecified atom stereocenters. The van der Waals surface area contributed by atoms with Crippen molar-refractivity contribution in [1.82, 2.24) is 0 Å². The first-order valence-corrected chi connectivity index (χ1v) is 8.31. The summed E-state index contributed by atoms with van der Waals surface area (Å²) in [5.74, 6) is -1.18. The van der Waals surface area contributed by atoms with E-state index >= 15 is 0 Å². The van der Waals surface area contributed by atoms with Crippen LogP contribution in [0.2, 0.25) is 0 Å². The van der Waals surface area contributed by atoms with Gasteiger partial charge in [0.15, 0.2) is 0 Å². The van der Waals surface area contributed by atoms with Crippen LogP contribution in [0.4, 0.5) is 0 Å². The molecule has 112 valence electrons. The molecule has 4 nitrogen and oxygen atoms in total. The van der Waals surface area contributed by atoms with Crippen LogP contribution in [0.3, 0.4) is 0 Å². The van der Waals surface area contributed by atoms with E-state index in [0.717, 1.165) is 17.7 Å². The lowest BCUT2D eigenvalue weighted by Crippen LogP contribution is -2.05. The van der Waals surface area contributed by atoms with Gasteiger partial charge in [-0.15, -0.1) is 22.7 Å². The van der Waals surface area contributed by atoms with E-state index in [4.69, 9.17) is 9.84 Å². The molecule has 2 heterocycles. The van der Waals surface area contributed by atoms with Crippen LogP contribution in [0.25, 0.3) is 0 Å². The van der Waals surface area contributed by atoms with E-state index in [1.54, 1.807) is 12.1 Å². The number of hydrogen-bond acceptors (Lipinski definition) is 5. The van der Waals surface area contributed by atoms with Crippen molar-refractivity contribution >= 4 is 34.6 Å². The number of aryl methyl sites for hydroxylation is 2. The molecule has 0 aliphatic carbocycles. The first-order chi connectivity index (χ1) is 10.1. The maximum Gasteiger partial charge on any atom is 0.348 e. The first kappa shape index (κ1) is 15.7. The molecule has 0 bridgehead atoms. The van der Waals surface area contributed by atoms with Gasteiger partial charge in [0.2, 0.25) is 0 Å². The molecule has 0 spiro atoms. The van der Waals surface area contributed by atoms with Crippen molar-refractivity contribution < 1.29 is 19.4 Å². The molecule has 0 aromatic carbocycles. The van der Waals surface area contributed by atoms with E-state index in [2.05, 4.69) is 0 Å². The van der Waals surface area contributed by atoms with Crippen LogP contribution in [-0.2, 0) is 17.6 Å². The largest absolute Gasteiger partial charge is 0.477 e. The van der Waals surface area contributed by atoms with Crippen molar-refractivity contribution in [2.45, 2.75) is 26.2 Å². The predicted octanol–water partition coefficient (Wildman–Crippen LogP) is 3.86. The van der Waals surface area contributed by atoms with Crippen molar-refractivity contribution in [3.05, 3.63) is 43.8 Å². The molecule has 0 fully saturated rings. The Morgan fingerprint density at radius 3 is 2.38 bits per heavy atom. The van der Waals surface area contributed by atoms with Crippen LogP contribution >= 0.6 is 22.7 Å². The fraction of sp³-hybridized carbons (Fsp3) is 0.333. The first-order valence-electron chi connectivity index (χ1n) is 6.68. The highest BCUT2D eigenvalue weighted by molar-refractivity contribution is 7.14. The second kappa shape index (κ2) is 7.38. The van der Waals surface area contributed by atoms with E-state index in [1.165, 1.54) is 27.6 Å². The Kier molecular flexibility index (Phi) is 5.52. The molecular formula is C15H16O4S2. The summed E-state index contributed by atoms with van der Waals surface area (Å²) in [6, 6.07) is 7.15. The monoisotopic (exact) mass is 324 g/mol. The van der Waals surface area contributed by atoms with Gasteiger partial charge in [-0.05, 0) is 43.5 Å². The number of aromatic carboxylic acids is 1. The summed E-state index contributed by atoms with van der Waals surface area (Å²) in [5, 5.41) is 8.83. The number of rotatable bonds is 7. The Balaban J connectivity index is 1.73. The molecule has 2 aromatic rings. The zero-order valence-corrected chi connectivity index (χ0v) is 13.3. The third-order valence-electron chi connectivity index (χ3n) is 2.88. The lowest BCUT2D eigenvalue weighted by atomic mass is 10.3. The molecule has 0 saturated carbocycles. The van der Waals surface area contributed by atoms with Gasteiger partial charge in [-0.25, -0.2) is 9.59 Å². The number of hydrogen-bond donors (Lipinski definition) is 1. The minimum atomic E-state index is -0.901. The maximum absolute atomic E-state index is 11.8. The number of thiophene rings is 2. The summed E-state index contributed by atoms with van der Waals surface area (Å²) in [4.78, 5) is 25.7. The molecule has 0 aliphatic heterocycles. The normalized spacial score (nSPS) is 10.5. The van der Waals surface area contributed by atoms with E-state index in [9.17, 15) is 9.59 Å². The smallest absolute Gasteiger partial charge is 0.348 e. The van der Waals surface area contributed by atoms with Crippen LogP contribution < -0.4 is 0 Å². The van der Waals surface area contributed by atoms with Gasteiger partial charge in [0.1, 0.15) is 9.75 Å². The molecule has 0 aliphatic rings. The van der Waals surface area contributed by atoms with Gasteiger partial charge in [0.25, 0.3) is 0 Å². The highest BCUT2D eigenvalue weighted by Crippen LogP contribution is 2.19. The fourth-order valence-corrected chi connectivity index (χ4v) is 3.52. The maximum atomic E-state index is 11.8. The summed E-state index contributed by atoms with van der Waals surface area (Å²) in [5.41, 5.74) is 0. The van der Waals surface area contributed by atoms with Gasteiger partial charge < -0.3 is 9.84 Å². The Hall–Kier alpha value is -1.66. The van der Waals surface area contributed by atoms with Crippen molar-refractivity contribution in [3.8, 4) is 0 Å². The second-order valence-electron chi connectivity index (χ2n) is 4.43. The average molecular weight is 324 g/mol. The minimum absolute atomic E-state index is 0.280. The Morgan fingerprint density at radius 2 is 1.76 bits per heavy atom. The summed E-state index contributed by atoms with van der Waals surface area (Å²) in [6.45, 7) is 2.39. The summed E-state index contributed by atoms with van der Waals surface area (Å²) in [7, 11) is 0. The Bertz CT molecular complexity index is 627. The topological polar surface area (TPSA) is 63.6 Å². The number of ether oxygens (including phenoxy) is 1. The van der Waals surface area contributed by atoms with Gasteiger partial charge in [-0.2, -0.15) is 0 Å². The quantitative estimate of drug-likeness (QED) is 0.620. The van der Waals surface area contributed by atoms with Gasteiger partial charge in [-0.1, -0.05) is 6.92 Å². The second-order valence-corrected chi connectivity index (χ2v) is 6.77. The van der Waals surface area contributed by atoms with E-state index in [1.807, 2.05) is 19.1 Å². The van der Waals surface area contributed by atoms with Crippen LogP contribution in [0.1, 0.15) is 42.4 Å². The number of carboxylic acid groups (broad SMARTS) is 1. The highest BCUT2D eigenvalue weighted by atomic mass is 32.1. The molecule has 2 aromatic heterocycles. The van der Waals surface area contributed by atoms with Gasteiger partial charge in [0.05, 0.1) is 6.61 Å². The number of esters is 1. The molecule has 1 N–H and O–H groups in total. The summed E-state index contributed by atoms with van der Waals surface area (Å²) in [6.07, 6.45) is 2.33. The van der Waals surface area contributed by atoms with Gasteiger partial charge in [0, 0.05) is 9.75 Å². The SMILES string of the molecule is CCc1ccc(C(=O)OCCCc2ccc(C(=O)O)s2)s1. The molecular weight excluding hydrogens is 308 g/mol. The highest BCUT2D eigenvalue weighted by Gasteiger charge is 2.10. The molecule has 6 heteroatoms. The minimum Gasteiger partial charge on any atom is -0.477 e. The third kappa shape index (κ3) is 4.41. The molecule has 21 heavy (non-hydrogen) atoms. The van der Waals surface area contributed by atoms with Gasteiger partial charge >= 0.3 is 11.9 Å². The molecule has 0 atom stereocenters. The third-order valence-corrected chi connectivity index (χ3v) is 5.23. The molecule has 0 radical (unpaired) electrons. The van der Waals surface area contributed by atoms with Crippen molar-refractivity contribution in [2.75, 3.05) is 6.61 Å². The van der Waals surface area contributed by atoms with Crippen LogP contribution in [0, 0.1) is 0 Å². The van der Waals surface area contributed by atoms with Crippen molar-refractivity contribution in [2.24, 2.45) is 0 Å². The van der Waals surface area contributed by atoms with Crippen LogP contribution in [0.15, 0.2) is 24.3 Å². The van der Waals surface area contributed by atoms with E-state index < -0.39 is 5.97 Å². The van der Waals surface area contributed by atoms with Crippen LogP contribution in [0.5, 0.6) is 0 Å². The summed E-state index contributed by atoms with van der Waals surface area (Å²) < 4.78 is 5.22. The zero-order valence-electron chi connectivity index (χ0n) is 11.6. The van der Waals surface area contributed by atoms with Crippen molar-refractivity contribution in [3.63, 3.8) is 0 Å².